The molecule has 2 aromatic heterocycles. The van der Waals surface area contributed by atoms with E-state index in [9.17, 15) is 0 Å². The van der Waals surface area contributed by atoms with E-state index >= 15 is 0 Å². The molecule has 66 valence electrons. The molecule has 0 radical (unpaired) electrons. The normalized spacial score (nSPS) is 11.2. The summed E-state index contributed by atoms with van der Waals surface area (Å²) in [7, 11) is 1.92. The Bertz CT molecular complexity index is 398. The fourth-order valence-electron chi connectivity index (χ4n) is 1.08. The molecule has 0 spiro atoms. The summed E-state index contributed by atoms with van der Waals surface area (Å²) in [5, 5.41) is 6.31. The first kappa shape index (κ1) is 8.26. The molecule has 0 bridgehead atoms. The highest BCUT2D eigenvalue weighted by Gasteiger charge is 1.90. The van der Waals surface area contributed by atoms with E-state index in [4.69, 9.17) is 0 Å². The number of thiophene rings is 1. The predicted octanol–water partition coefficient (Wildman–Crippen LogP) is 2.65. The second-order valence-electron chi connectivity index (χ2n) is 2.76. The van der Waals surface area contributed by atoms with Crippen molar-refractivity contribution in [2.45, 2.75) is 0 Å². The van der Waals surface area contributed by atoms with Crippen LogP contribution in [0.2, 0.25) is 0 Å². The smallest absolute Gasteiger partial charge is 0.0851 e. The molecular weight excluding hydrogens is 180 g/mol. The predicted molar refractivity (Wildman–Crippen MR) is 56.5 cm³/mol. The maximum absolute atomic E-state index is 4.24. The third-order valence-electron chi connectivity index (χ3n) is 1.70. The highest BCUT2D eigenvalue weighted by Crippen LogP contribution is 2.12. The van der Waals surface area contributed by atoms with Gasteiger partial charge in [-0.1, -0.05) is 6.07 Å². The fourth-order valence-corrected chi connectivity index (χ4v) is 1.69. The number of nitrogens with zero attached hydrogens (tertiary/aromatic N) is 2. The zero-order valence-electron chi connectivity index (χ0n) is 7.34. The Morgan fingerprint density at radius 3 is 2.92 bits per heavy atom. The average molecular weight is 190 g/mol. The standard InChI is InChI=1S/C10H10N2S/c1-12-7-6-9(11-12)4-5-10-3-2-8-13-10/h2-8H,1H3/b5-4+. The molecule has 0 fully saturated rings. The molecule has 2 aromatic rings. The molecule has 0 unspecified atom stereocenters. The minimum Gasteiger partial charge on any atom is -0.275 e. The van der Waals surface area contributed by atoms with Gasteiger partial charge in [0.15, 0.2) is 0 Å². The quantitative estimate of drug-likeness (QED) is 0.712. The zero-order valence-corrected chi connectivity index (χ0v) is 8.16. The van der Waals surface area contributed by atoms with Gasteiger partial charge >= 0.3 is 0 Å². The molecule has 2 heterocycles. The highest BCUT2D eigenvalue weighted by molar-refractivity contribution is 7.10. The van der Waals surface area contributed by atoms with Gasteiger partial charge in [0.1, 0.15) is 0 Å². The molecule has 2 nitrogen and oxygen atoms in total. The molecule has 0 atom stereocenters. The van der Waals surface area contributed by atoms with Crippen molar-refractivity contribution in [3.8, 4) is 0 Å². The Balaban J connectivity index is 2.14. The number of aryl methyl sites for hydroxylation is 1. The summed E-state index contributed by atoms with van der Waals surface area (Å²) >= 11 is 1.73. The van der Waals surface area contributed by atoms with Crippen molar-refractivity contribution in [3.05, 3.63) is 40.3 Å². The summed E-state index contributed by atoms with van der Waals surface area (Å²) in [5.74, 6) is 0. The first-order chi connectivity index (χ1) is 6.34. The Morgan fingerprint density at radius 2 is 2.31 bits per heavy atom. The molecule has 2 rings (SSSR count). The highest BCUT2D eigenvalue weighted by atomic mass is 32.1. The Morgan fingerprint density at radius 1 is 1.38 bits per heavy atom. The summed E-state index contributed by atoms with van der Waals surface area (Å²) < 4.78 is 1.80. The first-order valence-electron chi connectivity index (χ1n) is 4.06. The minimum absolute atomic E-state index is 0.996. The van der Waals surface area contributed by atoms with E-state index in [2.05, 4.69) is 22.6 Å². The summed E-state index contributed by atoms with van der Waals surface area (Å²) in [6.07, 6.45) is 6.03. The second-order valence-corrected chi connectivity index (χ2v) is 3.74. The summed E-state index contributed by atoms with van der Waals surface area (Å²) in [6.45, 7) is 0. The Labute approximate surface area is 81.1 Å². The third kappa shape index (κ3) is 2.06. The molecule has 13 heavy (non-hydrogen) atoms. The van der Waals surface area contributed by atoms with Gasteiger partial charge in [-0.2, -0.15) is 5.10 Å². The maximum atomic E-state index is 4.24. The topological polar surface area (TPSA) is 17.8 Å². The van der Waals surface area contributed by atoms with Crippen LogP contribution in [0, 0.1) is 0 Å². The van der Waals surface area contributed by atoms with E-state index in [1.54, 1.807) is 16.0 Å². The molecule has 0 N–H and O–H groups in total. The van der Waals surface area contributed by atoms with Crippen LogP contribution >= 0.6 is 11.3 Å². The van der Waals surface area contributed by atoms with Gasteiger partial charge in [0, 0.05) is 18.1 Å². The third-order valence-corrected chi connectivity index (χ3v) is 2.53. The zero-order chi connectivity index (χ0) is 9.10. The number of aromatic nitrogens is 2. The van der Waals surface area contributed by atoms with Crippen LogP contribution in [0.3, 0.4) is 0 Å². The van der Waals surface area contributed by atoms with Crippen LogP contribution in [0.1, 0.15) is 10.6 Å². The van der Waals surface area contributed by atoms with Crippen LogP contribution in [-0.2, 0) is 7.05 Å². The summed E-state index contributed by atoms with van der Waals surface area (Å²) in [6, 6.07) is 6.12. The van der Waals surface area contributed by atoms with E-state index in [-0.39, 0.29) is 0 Å². The molecule has 0 aliphatic rings. The monoisotopic (exact) mass is 190 g/mol. The van der Waals surface area contributed by atoms with Crippen LogP contribution < -0.4 is 0 Å². The molecule has 0 aliphatic carbocycles. The lowest BCUT2D eigenvalue weighted by atomic mass is 10.3. The maximum Gasteiger partial charge on any atom is 0.0851 e. The lowest BCUT2D eigenvalue weighted by Crippen LogP contribution is -1.86. The summed E-state index contributed by atoms with van der Waals surface area (Å²) in [4.78, 5) is 1.26. The molecule has 3 heteroatoms. The van der Waals surface area contributed by atoms with Gasteiger partial charge in [-0.25, -0.2) is 0 Å². The minimum atomic E-state index is 0.996. The SMILES string of the molecule is Cn1ccc(/C=C/c2cccs2)n1. The van der Waals surface area contributed by atoms with Gasteiger partial charge in [0.2, 0.25) is 0 Å². The van der Waals surface area contributed by atoms with E-state index < -0.39 is 0 Å². The van der Waals surface area contributed by atoms with Crippen LogP contribution in [0.4, 0.5) is 0 Å². The van der Waals surface area contributed by atoms with Gasteiger partial charge < -0.3 is 0 Å². The van der Waals surface area contributed by atoms with E-state index in [0.29, 0.717) is 0 Å². The molecule has 0 aromatic carbocycles. The summed E-state index contributed by atoms with van der Waals surface area (Å²) in [5.41, 5.74) is 0.996. The molecular formula is C10H10N2S. The average Bonchev–Trinajstić information content (AvgIpc) is 2.71. The van der Waals surface area contributed by atoms with Crippen LogP contribution in [-0.4, -0.2) is 9.78 Å². The number of rotatable bonds is 2. The number of hydrogen-bond donors (Lipinski definition) is 0. The van der Waals surface area contributed by atoms with Gasteiger partial charge in [-0.05, 0) is 29.7 Å². The Kier molecular flexibility index (Phi) is 2.27. The molecule has 0 saturated heterocycles. The van der Waals surface area contributed by atoms with Gasteiger partial charge in [0.25, 0.3) is 0 Å². The van der Waals surface area contributed by atoms with Gasteiger partial charge in [0.05, 0.1) is 5.69 Å². The second kappa shape index (κ2) is 3.58. The van der Waals surface area contributed by atoms with Crippen LogP contribution in [0.5, 0.6) is 0 Å². The Hall–Kier alpha value is -1.35. The van der Waals surface area contributed by atoms with E-state index in [1.165, 1.54) is 4.88 Å². The van der Waals surface area contributed by atoms with Crippen molar-refractivity contribution < 1.29 is 0 Å². The largest absolute Gasteiger partial charge is 0.275 e. The van der Waals surface area contributed by atoms with E-state index in [1.807, 2.05) is 31.5 Å². The van der Waals surface area contributed by atoms with Crippen LogP contribution in [0.25, 0.3) is 12.2 Å². The van der Waals surface area contributed by atoms with Crippen molar-refractivity contribution in [3.63, 3.8) is 0 Å². The van der Waals surface area contributed by atoms with Gasteiger partial charge in [-0.15, -0.1) is 11.3 Å². The molecule has 0 saturated carbocycles. The van der Waals surface area contributed by atoms with Crippen molar-refractivity contribution >= 4 is 23.5 Å². The van der Waals surface area contributed by atoms with Crippen LogP contribution in [0.15, 0.2) is 29.8 Å². The van der Waals surface area contributed by atoms with E-state index in [0.717, 1.165) is 5.69 Å². The van der Waals surface area contributed by atoms with Crippen molar-refractivity contribution in [2.24, 2.45) is 7.05 Å². The van der Waals surface area contributed by atoms with Crippen molar-refractivity contribution in [2.75, 3.05) is 0 Å². The fraction of sp³-hybridized carbons (Fsp3) is 0.100. The van der Waals surface area contributed by atoms with Gasteiger partial charge in [-0.3, -0.25) is 4.68 Å². The first-order valence-corrected chi connectivity index (χ1v) is 4.94. The number of hydrogen-bond acceptors (Lipinski definition) is 2. The van der Waals surface area contributed by atoms with Crippen molar-refractivity contribution in [1.82, 2.24) is 9.78 Å². The molecule has 0 amide bonds. The molecule has 0 aliphatic heterocycles. The van der Waals surface area contributed by atoms with Crippen molar-refractivity contribution in [1.29, 1.82) is 0 Å². The lowest BCUT2D eigenvalue weighted by molar-refractivity contribution is 0.765. The lowest BCUT2D eigenvalue weighted by Gasteiger charge is -1.84.